The van der Waals surface area contributed by atoms with Crippen LogP contribution in [0.25, 0.3) is 0 Å². The van der Waals surface area contributed by atoms with Crippen molar-refractivity contribution in [2.24, 2.45) is 23.7 Å². The smallest absolute Gasteiger partial charge is 0.0628 e. The third-order valence-corrected chi connectivity index (χ3v) is 4.42. The topological polar surface area (TPSA) is 20.1 Å². The van der Waals surface area contributed by atoms with E-state index >= 15 is 0 Å². The molecule has 0 saturated heterocycles. The van der Waals surface area contributed by atoms with Crippen LogP contribution in [-0.2, 0) is 0 Å². The van der Waals surface area contributed by atoms with Gasteiger partial charge < -0.3 is 0 Å². The lowest BCUT2D eigenvalue weighted by Gasteiger charge is -2.35. The molecule has 2 unspecified atom stereocenters. The van der Waals surface area contributed by atoms with E-state index < -0.39 is 0 Å². The van der Waals surface area contributed by atoms with Crippen LogP contribution >= 0.6 is 0 Å². The number of hydrogen-bond donors (Lipinski definition) is 0. The highest BCUT2D eigenvalue weighted by atomic mass is 16.3. The van der Waals surface area contributed by atoms with E-state index in [2.05, 4.69) is 53.7 Å². The average molecular weight is 290 g/mol. The molecule has 2 nitrogen and oxygen atoms in total. The van der Waals surface area contributed by atoms with Gasteiger partial charge in [0.05, 0.1) is 0 Å². The molecule has 1 aromatic carbocycles. The molecule has 0 fully saturated rings. The Morgan fingerprint density at radius 3 is 1.76 bits per heavy atom. The zero-order valence-electron chi connectivity index (χ0n) is 14.8. The van der Waals surface area contributed by atoms with Gasteiger partial charge in [-0.05, 0) is 41.6 Å². The first-order valence-corrected chi connectivity index (χ1v) is 8.24. The Labute approximate surface area is 130 Å². The van der Waals surface area contributed by atoms with Gasteiger partial charge in [0, 0.05) is 21.8 Å². The molecule has 1 aromatic rings. The predicted molar refractivity (Wildman–Crippen MR) is 91.0 cm³/mol. The van der Waals surface area contributed by atoms with E-state index in [1.165, 1.54) is 12.0 Å². The molecule has 118 valence electrons. The molecule has 0 aliphatic carbocycles. The molecule has 1 rings (SSSR count). The Kier molecular flexibility index (Phi) is 6.57. The van der Waals surface area contributed by atoms with Gasteiger partial charge in [-0.25, -0.2) is 0 Å². The van der Waals surface area contributed by atoms with Gasteiger partial charge in [0.25, 0.3) is 5.69 Å². The third kappa shape index (κ3) is 4.94. The molecule has 2 atom stereocenters. The Morgan fingerprint density at radius 2 is 1.43 bits per heavy atom. The summed E-state index contributed by atoms with van der Waals surface area (Å²) in [5.74, 6) is 3.22. The van der Waals surface area contributed by atoms with Gasteiger partial charge in [-0.1, -0.05) is 53.7 Å². The third-order valence-electron chi connectivity index (χ3n) is 4.42. The Hall–Kier alpha value is -1.18. The summed E-state index contributed by atoms with van der Waals surface area (Å²) in [6.07, 6.45) is 1.25. The van der Waals surface area contributed by atoms with Crippen molar-refractivity contribution in [3.63, 3.8) is 0 Å². The molecule has 0 bridgehead atoms. The van der Waals surface area contributed by atoms with Crippen LogP contribution in [0.4, 0.5) is 5.69 Å². The number of nitroso groups, excluding NO2 is 1. The Bertz CT molecular complexity index is 445. The van der Waals surface area contributed by atoms with Crippen molar-refractivity contribution in [2.75, 3.05) is 7.05 Å². The average Bonchev–Trinajstić information content (AvgIpc) is 2.37. The quantitative estimate of drug-likeness (QED) is 0.582. The number of nitrogens with zero attached hydrogens (tertiary/aromatic N) is 1. The van der Waals surface area contributed by atoms with Crippen LogP contribution in [0.3, 0.4) is 0 Å². The largest absolute Gasteiger partial charge is 0.255 e. The lowest BCUT2D eigenvalue weighted by Crippen LogP contribution is -2.24. The summed E-state index contributed by atoms with van der Waals surface area (Å²) in [6, 6.07) is 8.18. The molecule has 0 radical (unpaired) electrons. The lowest BCUT2D eigenvalue weighted by atomic mass is 9.70. The summed E-state index contributed by atoms with van der Waals surface area (Å²) in [5.41, 5.74) is 2.10. The van der Waals surface area contributed by atoms with Gasteiger partial charge in [0.15, 0.2) is 7.05 Å². The van der Waals surface area contributed by atoms with E-state index in [0.717, 1.165) is 10.4 Å². The maximum absolute atomic E-state index is 11.4. The van der Waals surface area contributed by atoms with E-state index in [1.54, 1.807) is 7.05 Å². The summed E-state index contributed by atoms with van der Waals surface area (Å²) in [5, 5.41) is 0. The van der Waals surface area contributed by atoms with Gasteiger partial charge in [0.2, 0.25) is 0 Å². The zero-order chi connectivity index (χ0) is 16.2. The van der Waals surface area contributed by atoms with Crippen LogP contribution in [0.15, 0.2) is 24.3 Å². The molecular weight excluding hydrogens is 258 g/mol. The molecule has 21 heavy (non-hydrogen) atoms. The SMILES string of the molecule is CC(C)CC(C(C)C)C(c1ccc([N+](C)=O)cc1)C(C)C. The zero-order valence-corrected chi connectivity index (χ0v) is 14.8. The molecule has 0 saturated carbocycles. The Morgan fingerprint density at radius 1 is 0.905 bits per heavy atom. The van der Waals surface area contributed by atoms with Crippen LogP contribution in [0.2, 0.25) is 0 Å². The first kappa shape index (κ1) is 17.9. The summed E-state index contributed by atoms with van der Waals surface area (Å²) >= 11 is 0. The fourth-order valence-corrected chi connectivity index (χ4v) is 3.41. The molecule has 0 aromatic heterocycles. The van der Waals surface area contributed by atoms with Crippen molar-refractivity contribution in [3.05, 3.63) is 34.7 Å². The first-order chi connectivity index (χ1) is 9.73. The molecule has 0 aliphatic heterocycles. The van der Waals surface area contributed by atoms with Gasteiger partial charge >= 0.3 is 0 Å². The normalized spacial score (nSPS) is 14.8. The summed E-state index contributed by atoms with van der Waals surface area (Å²) in [6.45, 7) is 13.9. The fourth-order valence-electron chi connectivity index (χ4n) is 3.41. The molecular formula is C19H32NO+. The monoisotopic (exact) mass is 290 g/mol. The van der Waals surface area contributed by atoms with Crippen molar-refractivity contribution >= 4 is 5.69 Å². The summed E-state index contributed by atoms with van der Waals surface area (Å²) < 4.78 is 0.919. The van der Waals surface area contributed by atoms with Crippen molar-refractivity contribution in [1.82, 2.24) is 0 Å². The summed E-state index contributed by atoms with van der Waals surface area (Å²) in [7, 11) is 1.55. The minimum Gasteiger partial charge on any atom is -0.0628 e. The molecule has 0 aliphatic rings. The van der Waals surface area contributed by atoms with Crippen molar-refractivity contribution in [2.45, 2.75) is 53.9 Å². The van der Waals surface area contributed by atoms with Crippen LogP contribution < -0.4 is 0 Å². The molecule has 0 heterocycles. The van der Waals surface area contributed by atoms with E-state index in [4.69, 9.17) is 0 Å². The van der Waals surface area contributed by atoms with E-state index in [-0.39, 0.29) is 0 Å². The Balaban J connectivity index is 3.11. The second kappa shape index (κ2) is 7.72. The lowest BCUT2D eigenvalue weighted by molar-refractivity contribution is -0.428. The first-order valence-electron chi connectivity index (χ1n) is 8.24. The van der Waals surface area contributed by atoms with Crippen LogP contribution in [0, 0.1) is 28.6 Å². The van der Waals surface area contributed by atoms with Gasteiger partial charge in [0.1, 0.15) is 0 Å². The maximum atomic E-state index is 11.4. The number of rotatable bonds is 7. The van der Waals surface area contributed by atoms with Gasteiger partial charge in [-0.2, -0.15) is 0 Å². The summed E-state index contributed by atoms with van der Waals surface area (Å²) in [4.78, 5) is 11.4. The molecule has 0 N–H and O–H groups in total. The van der Waals surface area contributed by atoms with Gasteiger partial charge in [-0.15, -0.1) is 0 Å². The van der Waals surface area contributed by atoms with Gasteiger partial charge in [-0.3, -0.25) is 0 Å². The fraction of sp³-hybridized carbons (Fsp3) is 0.684. The van der Waals surface area contributed by atoms with Crippen LogP contribution in [-0.4, -0.2) is 11.8 Å². The van der Waals surface area contributed by atoms with E-state index in [0.29, 0.717) is 29.6 Å². The number of benzene rings is 1. The van der Waals surface area contributed by atoms with Crippen molar-refractivity contribution in [3.8, 4) is 0 Å². The highest BCUT2D eigenvalue weighted by molar-refractivity contribution is 5.34. The van der Waals surface area contributed by atoms with E-state index in [9.17, 15) is 4.91 Å². The number of hydrogen-bond acceptors (Lipinski definition) is 1. The minimum absolute atomic E-state index is 0.554. The molecule has 0 spiro atoms. The maximum Gasteiger partial charge on any atom is 0.255 e. The van der Waals surface area contributed by atoms with Crippen molar-refractivity contribution < 1.29 is 4.76 Å². The standard InChI is InChI=1S/C19H32NO/c1-13(2)12-18(14(3)4)19(15(5)6)16-8-10-17(11-9-16)20(7)21/h8-11,13-15,18-19H,12H2,1-7H3/q+1. The second-order valence-corrected chi connectivity index (χ2v) is 7.40. The highest BCUT2D eigenvalue weighted by Gasteiger charge is 2.29. The van der Waals surface area contributed by atoms with Crippen LogP contribution in [0.5, 0.6) is 0 Å². The van der Waals surface area contributed by atoms with Crippen LogP contribution in [0.1, 0.15) is 59.4 Å². The highest BCUT2D eigenvalue weighted by Crippen LogP contribution is 2.40. The second-order valence-electron chi connectivity index (χ2n) is 7.40. The molecule has 0 amide bonds. The minimum atomic E-state index is 0.554. The predicted octanol–water partition coefficient (Wildman–Crippen LogP) is 5.78. The molecule has 2 heteroatoms. The van der Waals surface area contributed by atoms with Crippen molar-refractivity contribution in [1.29, 1.82) is 0 Å². The van der Waals surface area contributed by atoms with E-state index in [1.807, 2.05) is 12.1 Å².